The van der Waals surface area contributed by atoms with Crippen molar-refractivity contribution in [2.75, 3.05) is 11.1 Å². The molecule has 0 saturated carbocycles. The average molecular weight is 201 g/mol. The van der Waals surface area contributed by atoms with Crippen LogP contribution in [0.1, 0.15) is 10.4 Å². The number of hydrogen-bond donors (Lipinski definition) is 3. The van der Waals surface area contributed by atoms with Gasteiger partial charge >= 0.3 is 0 Å². The van der Waals surface area contributed by atoms with E-state index in [4.69, 9.17) is 5.73 Å². The summed E-state index contributed by atoms with van der Waals surface area (Å²) < 4.78 is 0. The van der Waals surface area contributed by atoms with E-state index in [-0.39, 0.29) is 5.91 Å². The van der Waals surface area contributed by atoms with Crippen molar-refractivity contribution in [1.29, 1.82) is 0 Å². The summed E-state index contributed by atoms with van der Waals surface area (Å²) in [5, 5.41) is 2.75. The largest absolute Gasteiger partial charge is 0.399 e. The molecule has 4 nitrogen and oxygen atoms in total. The van der Waals surface area contributed by atoms with E-state index >= 15 is 0 Å². The second-order valence-corrected chi connectivity index (χ2v) is 3.18. The van der Waals surface area contributed by atoms with Crippen molar-refractivity contribution < 1.29 is 4.79 Å². The number of anilines is 2. The summed E-state index contributed by atoms with van der Waals surface area (Å²) in [5.41, 5.74) is 7.51. The van der Waals surface area contributed by atoms with Crippen LogP contribution >= 0.6 is 0 Å². The number of aromatic amines is 1. The summed E-state index contributed by atoms with van der Waals surface area (Å²) in [5.74, 6) is -0.144. The van der Waals surface area contributed by atoms with Gasteiger partial charge in [0.25, 0.3) is 5.91 Å². The highest BCUT2D eigenvalue weighted by molar-refractivity contribution is 6.04. The molecule has 4 N–H and O–H groups in total. The van der Waals surface area contributed by atoms with Crippen LogP contribution < -0.4 is 11.1 Å². The number of rotatable bonds is 2. The summed E-state index contributed by atoms with van der Waals surface area (Å²) in [4.78, 5) is 14.5. The van der Waals surface area contributed by atoms with Gasteiger partial charge in [-0.25, -0.2) is 0 Å². The molecule has 1 aromatic carbocycles. The molecule has 1 amide bonds. The van der Waals surface area contributed by atoms with Gasteiger partial charge in [0.1, 0.15) is 0 Å². The Hall–Kier alpha value is -2.23. The molecule has 0 bridgehead atoms. The number of hydrogen-bond acceptors (Lipinski definition) is 2. The van der Waals surface area contributed by atoms with Gasteiger partial charge in [-0.05, 0) is 30.3 Å². The second-order valence-electron chi connectivity index (χ2n) is 3.18. The number of nitrogen functional groups attached to an aromatic ring is 1. The molecular weight excluding hydrogens is 190 g/mol. The minimum atomic E-state index is -0.144. The smallest absolute Gasteiger partial charge is 0.255 e. The zero-order valence-corrected chi connectivity index (χ0v) is 8.03. The van der Waals surface area contributed by atoms with Crippen LogP contribution in [0.25, 0.3) is 0 Å². The van der Waals surface area contributed by atoms with E-state index in [1.54, 1.807) is 42.7 Å². The van der Waals surface area contributed by atoms with E-state index in [2.05, 4.69) is 10.3 Å². The highest BCUT2D eigenvalue weighted by Crippen LogP contribution is 2.09. The first-order valence-corrected chi connectivity index (χ1v) is 4.55. The summed E-state index contributed by atoms with van der Waals surface area (Å²) in [7, 11) is 0. The number of carbonyl (C=O) groups excluding carboxylic acids is 1. The number of aromatic nitrogens is 1. The zero-order valence-electron chi connectivity index (χ0n) is 8.03. The maximum absolute atomic E-state index is 11.7. The fourth-order valence-corrected chi connectivity index (χ4v) is 1.24. The lowest BCUT2D eigenvalue weighted by molar-refractivity contribution is 0.102. The third-order valence-electron chi connectivity index (χ3n) is 2.03. The van der Waals surface area contributed by atoms with Crippen LogP contribution in [-0.4, -0.2) is 10.9 Å². The normalized spacial score (nSPS) is 9.87. The van der Waals surface area contributed by atoms with Gasteiger partial charge in [-0.15, -0.1) is 0 Å². The summed E-state index contributed by atoms with van der Waals surface area (Å²) >= 11 is 0. The van der Waals surface area contributed by atoms with Crippen molar-refractivity contribution >= 4 is 17.3 Å². The summed E-state index contributed by atoms with van der Waals surface area (Å²) in [6, 6.07) is 8.57. The number of amides is 1. The molecule has 4 heteroatoms. The predicted molar refractivity (Wildman–Crippen MR) is 59.6 cm³/mol. The molecule has 1 aromatic heterocycles. The highest BCUT2D eigenvalue weighted by Gasteiger charge is 2.04. The minimum absolute atomic E-state index is 0.144. The first-order chi connectivity index (χ1) is 7.25. The van der Waals surface area contributed by atoms with Gasteiger partial charge in [0, 0.05) is 23.6 Å². The number of carbonyl (C=O) groups is 1. The Morgan fingerprint density at radius 1 is 1.20 bits per heavy atom. The van der Waals surface area contributed by atoms with Crippen LogP contribution in [0.15, 0.2) is 42.7 Å². The van der Waals surface area contributed by atoms with E-state index in [0.29, 0.717) is 11.3 Å². The molecular formula is C11H11N3O. The average Bonchev–Trinajstić information content (AvgIpc) is 2.71. The van der Waals surface area contributed by atoms with Gasteiger partial charge in [-0.2, -0.15) is 0 Å². The van der Waals surface area contributed by atoms with Crippen molar-refractivity contribution in [2.45, 2.75) is 0 Å². The Kier molecular flexibility index (Phi) is 2.41. The van der Waals surface area contributed by atoms with E-state index in [0.717, 1.165) is 5.69 Å². The van der Waals surface area contributed by atoms with E-state index in [1.807, 2.05) is 0 Å². The van der Waals surface area contributed by atoms with E-state index < -0.39 is 0 Å². The molecule has 0 saturated heterocycles. The van der Waals surface area contributed by atoms with Gasteiger partial charge < -0.3 is 16.0 Å². The molecule has 76 valence electrons. The van der Waals surface area contributed by atoms with Crippen LogP contribution in [0, 0.1) is 0 Å². The minimum Gasteiger partial charge on any atom is -0.399 e. The highest BCUT2D eigenvalue weighted by atomic mass is 16.1. The van der Waals surface area contributed by atoms with Crippen molar-refractivity contribution in [3.05, 3.63) is 48.3 Å². The van der Waals surface area contributed by atoms with Crippen LogP contribution in [0.5, 0.6) is 0 Å². The Bertz CT molecular complexity index is 445. The Balaban J connectivity index is 2.11. The van der Waals surface area contributed by atoms with Crippen molar-refractivity contribution in [2.24, 2.45) is 0 Å². The monoisotopic (exact) mass is 201 g/mol. The van der Waals surface area contributed by atoms with Crippen molar-refractivity contribution in [3.8, 4) is 0 Å². The number of nitrogens with two attached hydrogens (primary N) is 1. The molecule has 0 aliphatic carbocycles. The van der Waals surface area contributed by atoms with Gasteiger partial charge in [0.05, 0.1) is 5.69 Å². The maximum Gasteiger partial charge on any atom is 0.255 e. The standard InChI is InChI=1S/C11H11N3O/c12-9-3-1-8(2-4-9)11(15)14-10-5-6-13-7-10/h1-7,13H,12H2,(H,14,15). The molecule has 0 aliphatic heterocycles. The number of H-pyrrole nitrogens is 1. The Labute approximate surface area is 87.1 Å². The summed E-state index contributed by atoms with van der Waals surface area (Å²) in [6.07, 6.45) is 3.47. The zero-order chi connectivity index (χ0) is 10.7. The first kappa shape index (κ1) is 9.33. The molecule has 0 spiro atoms. The van der Waals surface area contributed by atoms with Gasteiger partial charge in [-0.1, -0.05) is 0 Å². The fraction of sp³-hybridized carbons (Fsp3) is 0. The summed E-state index contributed by atoms with van der Waals surface area (Å²) in [6.45, 7) is 0. The Morgan fingerprint density at radius 3 is 2.53 bits per heavy atom. The molecule has 2 rings (SSSR count). The van der Waals surface area contributed by atoms with Crippen molar-refractivity contribution in [3.63, 3.8) is 0 Å². The molecule has 2 aromatic rings. The van der Waals surface area contributed by atoms with Gasteiger partial charge in [0.15, 0.2) is 0 Å². The van der Waals surface area contributed by atoms with Crippen LogP contribution in [0.4, 0.5) is 11.4 Å². The van der Waals surface area contributed by atoms with Gasteiger partial charge in [0.2, 0.25) is 0 Å². The maximum atomic E-state index is 11.7. The molecule has 0 unspecified atom stereocenters. The number of nitrogens with one attached hydrogen (secondary N) is 2. The third-order valence-corrected chi connectivity index (χ3v) is 2.03. The first-order valence-electron chi connectivity index (χ1n) is 4.55. The molecule has 0 fully saturated rings. The lowest BCUT2D eigenvalue weighted by Crippen LogP contribution is -2.11. The fourth-order valence-electron chi connectivity index (χ4n) is 1.24. The Morgan fingerprint density at radius 2 is 1.93 bits per heavy atom. The lowest BCUT2D eigenvalue weighted by atomic mass is 10.2. The SMILES string of the molecule is Nc1ccc(C(=O)Nc2cc[nH]c2)cc1. The predicted octanol–water partition coefficient (Wildman–Crippen LogP) is 1.85. The molecule has 0 aliphatic rings. The number of benzene rings is 1. The van der Waals surface area contributed by atoms with E-state index in [9.17, 15) is 4.79 Å². The third kappa shape index (κ3) is 2.17. The molecule has 1 heterocycles. The van der Waals surface area contributed by atoms with E-state index in [1.165, 1.54) is 0 Å². The van der Waals surface area contributed by atoms with Crippen molar-refractivity contribution in [1.82, 2.24) is 4.98 Å². The van der Waals surface area contributed by atoms with Crippen LogP contribution in [0.3, 0.4) is 0 Å². The molecule has 15 heavy (non-hydrogen) atoms. The quantitative estimate of drug-likeness (QED) is 0.649. The lowest BCUT2D eigenvalue weighted by Gasteiger charge is -2.02. The molecule has 0 atom stereocenters. The second kappa shape index (κ2) is 3.88. The topological polar surface area (TPSA) is 70.9 Å². The van der Waals surface area contributed by atoms with Gasteiger partial charge in [-0.3, -0.25) is 4.79 Å². The van der Waals surface area contributed by atoms with Crippen LogP contribution in [0.2, 0.25) is 0 Å². The molecule has 0 radical (unpaired) electrons. The van der Waals surface area contributed by atoms with Crippen LogP contribution in [-0.2, 0) is 0 Å².